The standard InChI is InChI=1S/C27H24FN3O4/c1-7-21(32)29-17-8-9-20(35-24-14(2)10-16(28)11-15(24)3)18(12-17)19-13-31(6)25(33)23-22(19)27(4,5)26(34)30-23/h1,8-13H,2-6H3,(H,29,32)(H,30,34). The van der Waals surface area contributed by atoms with Gasteiger partial charge in [0.15, 0.2) is 0 Å². The first-order chi connectivity index (χ1) is 16.4. The van der Waals surface area contributed by atoms with E-state index in [4.69, 9.17) is 11.2 Å². The number of fused-ring (bicyclic) bond motifs is 1. The largest absolute Gasteiger partial charge is 0.456 e. The lowest BCUT2D eigenvalue weighted by atomic mass is 9.82. The molecule has 0 aliphatic carbocycles. The molecule has 35 heavy (non-hydrogen) atoms. The Hall–Kier alpha value is -4.38. The fraction of sp³-hybridized carbons (Fsp3) is 0.222. The SMILES string of the molecule is C#CC(=O)Nc1ccc(Oc2c(C)cc(F)cc2C)c(-c2cn(C)c(=O)c3c2C(C)(C)C(=O)N3)c1. The number of halogens is 1. The molecule has 8 heteroatoms. The second-order valence-corrected chi connectivity index (χ2v) is 9.07. The van der Waals surface area contributed by atoms with Gasteiger partial charge in [-0.3, -0.25) is 14.4 Å². The number of terminal acetylenes is 1. The lowest BCUT2D eigenvalue weighted by Gasteiger charge is -2.22. The molecule has 0 fully saturated rings. The molecule has 7 nitrogen and oxygen atoms in total. The van der Waals surface area contributed by atoms with E-state index < -0.39 is 11.3 Å². The van der Waals surface area contributed by atoms with Gasteiger partial charge >= 0.3 is 0 Å². The number of rotatable bonds is 4. The van der Waals surface area contributed by atoms with Gasteiger partial charge in [0.05, 0.1) is 5.41 Å². The van der Waals surface area contributed by atoms with Crippen molar-refractivity contribution >= 4 is 23.2 Å². The average Bonchev–Trinajstić information content (AvgIpc) is 3.03. The lowest BCUT2D eigenvalue weighted by Crippen LogP contribution is -2.27. The van der Waals surface area contributed by atoms with E-state index in [0.29, 0.717) is 45.0 Å². The Morgan fingerprint density at radius 1 is 1.14 bits per heavy atom. The number of hydrogen-bond donors (Lipinski definition) is 2. The van der Waals surface area contributed by atoms with Crippen molar-refractivity contribution in [2.24, 2.45) is 7.05 Å². The van der Waals surface area contributed by atoms with Crippen molar-refractivity contribution in [3.05, 3.63) is 69.4 Å². The van der Waals surface area contributed by atoms with Gasteiger partial charge in [-0.05, 0) is 75.1 Å². The number of amides is 2. The van der Waals surface area contributed by atoms with E-state index in [2.05, 4.69) is 10.6 Å². The summed E-state index contributed by atoms with van der Waals surface area (Å²) in [5.74, 6) is 1.56. The van der Waals surface area contributed by atoms with Crippen molar-refractivity contribution < 1.29 is 18.7 Å². The molecule has 0 bridgehead atoms. The fourth-order valence-electron chi connectivity index (χ4n) is 4.33. The van der Waals surface area contributed by atoms with Crippen molar-refractivity contribution in [2.45, 2.75) is 33.1 Å². The van der Waals surface area contributed by atoms with Crippen molar-refractivity contribution in [3.63, 3.8) is 0 Å². The molecular formula is C27H24FN3O4. The van der Waals surface area contributed by atoms with E-state index in [0.717, 1.165) is 0 Å². The fourth-order valence-corrected chi connectivity index (χ4v) is 4.33. The minimum absolute atomic E-state index is 0.193. The molecule has 2 amide bonds. The van der Waals surface area contributed by atoms with Crippen LogP contribution in [0, 0.1) is 32.0 Å². The molecule has 0 radical (unpaired) electrons. The van der Waals surface area contributed by atoms with Crippen LogP contribution in [0.1, 0.15) is 30.5 Å². The van der Waals surface area contributed by atoms with E-state index in [-0.39, 0.29) is 23.0 Å². The summed E-state index contributed by atoms with van der Waals surface area (Å²) in [4.78, 5) is 37.4. The topological polar surface area (TPSA) is 89.4 Å². The number of aryl methyl sites for hydroxylation is 3. The zero-order valence-electron chi connectivity index (χ0n) is 20.0. The number of nitrogens with one attached hydrogen (secondary N) is 2. The van der Waals surface area contributed by atoms with Gasteiger partial charge in [0.25, 0.3) is 11.5 Å². The summed E-state index contributed by atoms with van der Waals surface area (Å²) < 4.78 is 21.5. The van der Waals surface area contributed by atoms with Gasteiger partial charge in [-0.1, -0.05) is 0 Å². The second-order valence-electron chi connectivity index (χ2n) is 9.07. The van der Waals surface area contributed by atoms with E-state index in [1.807, 2.05) is 5.92 Å². The van der Waals surface area contributed by atoms with Crippen molar-refractivity contribution in [1.29, 1.82) is 0 Å². The van der Waals surface area contributed by atoms with Crippen LogP contribution in [-0.2, 0) is 22.1 Å². The monoisotopic (exact) mass is 473 g/mol. The smallest absolute Gasteiger partial charge is 0.300 e. The minimum Gasteiger partial charge on any atom is -0.456 e. The third-order valence-corrected chi connectivity index (χ3v) is 6.10. The van der Waals surface area contributed by atoms with Gasteiger partial charge in [-0.2, -0.15) is 0 Å². The molecule has 0 saturated heterocycles. The van der Waals surface area contributed by atoms with Crippen molar-refractivity contribution in [1.82, 2.24) is 4.57 Å². The Morgan fingerprint density at radius 3 is 2.43 bits per heavy atom. The first-order valence-corrected chi connectivity index (χ1v) is 10.9. The van der Waals surface area contributed by atoms with Crippen LogP contribution in [-0.4, -0.2) is 16.4 Å². The number of carbonyl (C=O) groups excluding carboxylic acids is 2. The van der Waals surface area contributed by atoms with Gasteiger partial charge in [-0.25, -0.2) is 4.39 Å². The Morgan fingerprint density at radius 2 is 1.80 bits per heavy atom. The Bertz CT molecular complexity index is 1490. The average molecular weight is 474 g/mol. The number of pyridine rings is 1. The number of anilines is 2. The molecule has 3 aromatic rings. The third kappa shape index (κ3) is 4.06. The highest BCUT2D eigenvalue weighted by Crippen LogP contribution is 2.46. The van der Waals surface area contributed by atoms with Crippen LogP contribution >= 0.6 is 0 Å². The summed E-state index contributed by atoms with van der Waals surface area (Å²) in [5.41, 5.74) is 2.04. The second kappa shape index (κ2) is 8.44. The number of nitrogens with zero attached hydrogens (tertiary/aromatic N) is 1. The third-order valence-electron chi connectivity index (χ3n) is 6.10. The van der Waals surface area contributed by atoms with Gasteiger partial charge in [0.2, 0.25) is 5.91 Å². The van der Waals surface area contributed by atoms with Crippen LogP contribution in [0.5, 0.6) is 11.5 Å². The van der Waals surface area contributed by atoms with Crippen LogP contribution in [0.3, 0.4) is 0 Å². The summed E-state index contributed by atoms with van der Waals surface area (Å²) in [6.07, 6.45) is 6.83. The maximum atomic E-state index is 13.9. The zero-order valence-corrected chi connectivity index (χ0v) is 20.0. The predicted molar refractivity (Wildman–Crippen MR) is 132 cm³/mol. The minimum atomic E-state index is -1.00. The summed E-state index contributed by atoms with van der Waals surface area (Å²) >= 11 is 0. The number of benzene rings is 2. The normalized spacial score (nSPS) is 13.6. The quantitative estimate of drug-likeness (QED) is 0.550. The Labute approximate surface area is 201 Å². The summed E-state index contributed by atoms with van der Waals surface area (Å²) in [6, 6.07) is 7.69. The molecular weight excluding hydrogens is 449 g/mol. The molecule has 0 saturated carbocycles. The molecule has 0 atom stereocenters. The summed E-state index contributed by atoms with van der Waals surface area (Å²) in [6.45, 7) is 6.94. The van der Waals surface area contributed by atoms with E-state index in [9.17, 15) is 18.8 Å². The van der Waals surface area contributed by atoms with Crippen LogP contribution in [0.15, 0.2) is 41.3 Å². The van der Waals surface area contributed by atoms with E-state index >= 15 is 0 Å². The maximum Gasteiger partial charge on any atom is 0.300 e. The van der Waals surface area contributed by atoms with Gasteiger partial charge in [0.1, 0.15) is 23.0 Å². The molecule has 0 unspecified atom stereocenters. The van der Waals surface area contributed by atoms with Gasteiger partial charge in [0, 0.05) is 35.6 Å². The molecule has 1 aliphatic rings. The summed E-state index contributed by atoms with van der Waals surface area (Å²) in [7, 11) is 1.59. The van der Waals surface area contributed by atoms with Crippen LogP contribution in [0.25, 0.3) is 11.1 Å². The molecule has 2 heterocycles. The number of aromatic nitrogens is 1. The molecule has 0 spiro atoms. The Balaban J connectivity index is 1.99. The highest BCUT2D eigenvalue weighted by Gasteiger charge is 2.43. The lowest BCUT2D eigenvalue weighted by molar-refractivity contribution is -0.119. The molecule has 2 aromatic carbocycles. The van der Waals surface area contributed by atoms with Crippen LogP contribution in [0.2, 0.25) is 0 Å². The van der Waals surface area contributed by atoms with Gasteiger partial charge in [-0.15, -0.1) is 6.42 Å². The zero-order chi connectivity index (χ0) is 25.7. The highest BCUT2D eigenvalue weighted by molar-refractivity contribution is 6.08. The maximum absolute atomic E-state index is 13.9. The van der Waals surface area contributed by atoms with E-state index in [1.54, 1.807) is 59.1 Å². The highest BCUT2D eigenvalue weighted by atomic mass is 19.1. The van der Waals surface area contributed by atoms with Crippen LogP contribution < -0.4 is 20.9 Å². The predicted octanol–water partition coefficient (Wildman–Crippen LogP) is 4.40. The summed E-state index contributed by atoms with van der Waals surface area (Å²) in [5, 5.41) is 5.32. The number of carbonyl (C=O) groups is 2. The molecule has 1 aromatic heterocycles. The molecule has 4 rings (SSSR count). The molecule has 178 valence electrons. The van der Waals surface area contributed by atoms with Crippen molar-refractivity contribution in [3.8, 4) is 35.0 Å². The first kappa shape index (κ1) is 23.8. The molecule has 1 aliphatic heterocycles. The number of ether oxygens (including phenoxy) is 1. The van der Waals surface area contributed by atoms with Gasteiger partial charge < -0.3 is 19.9 Å². The first-order valence-electron chi connectivity index (χ1n) is 10.9. The van der Waals surface area contributed by atoms with E-state index in [1.165, 1.54) is 16.7 Å². The number of hydrogen-bond acceptors (Lipinski definition) is 4. The Kier molecular flexibility index (Phi) is 5.73. The van der Waals surface area contributed by atoms with Crippen LogP contribution in [0.4, 0.5) is 15.8 Å². The molecule has 2 N–H and O–H groups in total. The van der Waals surface area contributed by atoms with Crippen molar-refractivity contribution in [2.75, 3.05) is 10.6 Å².